The van der Waals surface area contributed by atoms with E-state index in [1.54, 1.807) is 11.6 Å². The maximum absolute atomic E-state index is 12.4. The number of benzene rings is 2. The van der Waals surface area contributed by atoms with Crippen molar-refractivity contribution >= 4 is 16.8 Å². The zero-order valence-electron chi connectivity index (χ0n) is 16.7. The first-order chi connectivity index (χ1) is 14.1. The first kappa shape index (κ1) is 19.2. The van der Waals surface area contributed by atoms with Crippen molar-refractivity contribution < 1.29 is 9.53 Å². The summed E-state index contributed by atoms with van der Waals surface area (Å²) in [5.41, 5.74) is 3.32. The van der Waals surface area contributed by atoms with Crippen LogP contribution in [0, 0.1) is 0 Å². The monoisotopic (exact) mass is 390 g/mol. The molecule has 1 aliphatic carbocycles. The van der Waals surface area contributed by atoms with E-state index in [4.69, 9.17) is 4.74 Å². The highest BCUT2D eigenvalue weighted by Crippen LogP contribution is 2.29. The van der Waals surface area contributed by atoms with Crippen molar-refractivity contribution in [3.05, 3.63) is 76.1 Å². The first-order valence-electron chi connectivity index (χ1n) is 10.2. The van der Waals surface area contributed by atoms with E-state index in [1.165, 1.54) is 17.2 Å². The van der Waals surface area contributed by atoms with Crippen LogP contribution in [-0.4, -0.2) is 17.1 Å². The summed E-state index contributed by atoms with van der Waals surface area (Å²) in [6.07, 6.45) is 4.17. The summed E-state index contributed by atoms with van der Waals surface area (Å²) in [4.78, 5) is 24.6. The summed E-state index contributed by atoms with van der Waals surface area (Å²) in [7, 11) is 1.75. The molecule has 0 spiro atoms. The van der Waals surface area contributed by atoms with Gasteiger partial charge in [-0.05, 0) is 48.9 Å². The number of para-hydroxylation sites is 1. The number of rotatable bonds is 6. The Morgan fingerprint density at radius 3 is 2.86 bits per heavy atom. The van der Waals surface area contributed by atoms with Crippen molar-refractivity contribution in [3.63, 3.8) is 0 Å². The molecule has 0 radical (unpaired) electrons. The molecule has 1 aromatic heterocycles. The van der Waals surface area contributed by atoms with Crippen molar-refractivity contribution in [2.24, 2.45) is 7.05 Å². The standard InChI is InChI=1S/C24H26N2O3/c1-26-21-13-5-4-11-19(21)22(16-24(26)28)29-15-7-14-23(27)25-20-12-6-9-17-8-2-3-10-18(17)20/h2-5,8,10-11,13,16,20H,6-7,9,12,14-15H2,1H3,(H,25,27)/t20-/m1/s1. The van der Waals surface area contributed by atoms with Gasteiger partial charge in [0.1, 0.15) is 5.75 Å². The Morgan fingerprint density at radius 1 is 1.17 bits per heavy atom. The van der Waals surface area contributed by atoms with E-state index in [0.29, 0.717) is 25.2 Å². The highest BCUT2D eigenvalue weighted by atomic mass is 16.5. The molecular formula is C24H26N2O3. The molecule has 0 bridgehead atoms. The SMILES string of the molecule is Cn1c(=O)cc(OCCCC(=O)N[C@@H]2CCCc3ccccc32)c2ccccc21. The Morgan fingerprint density at radius 2 is 1.97 bits per heavy atom. The fraction of sp³-hybridized carbons (Fsp3) is 0.333. The zero-order valence-corrected chi connectivity index (χ0v) is 16.7. The third-order valence-electron chi connectivity index (χ3n) is 5.63. The minimum absolute atomic E-state index is 0.0455. The lowest BCUT2D eigenvalue weighted by atomic mass is 9.87. The van der Waals surface area contributed by atoms with Crippen LogP contribution in [0.1, 0.15) is 42.9 Å². The Kier molecular flexibility index (Phi) is 5.65. The summed E-state index contributed by atoms with van der Waals surface area (Å²) in [6, 6.07) is 17.6. The van der Waals surface area contributed by atoms with Gasteiger partial charge in [0.25, 0.3) is 5.56 Å². The van der Waals surface area contributed by atoms with Crippen LogP contribution in [0.25, 0.3) is 10.9 Å². The average Bonchev–Trinajstić information content (AvgIpc) is 2.75. The molecule has 2 aromatic carbocycles. The second-order valence-corrected chi connectivity index (χ2v) is 7.59. The predicted molar refractivity (Wildman–Crippen MR) is 114 cm³/mol. The summed E-state index contributed by atoms with van der Waals surface area (Å²) in [6.45, 7) is 0.395. The fourth-order valence-electron chi connectivity index (χ4n) is 4.08. The smallest absolute Gasteiger partial charge is 0.254 e. The Hall–Kier alpha value is -3.08. The van der Waals surface area contributed by atoms with Gasteiger partial charge in [-0.3, -0.25) is 9.59 Å². The van der Waals surface area contributed by atoms with Crippen molar-refractivity contribution in [3.8, 4) is 5.75 Å². The summed E-state index contributed by atoms with van der Waals surface area (Å²) < 4.78 is 7.47. The van der Waals surface area contributed by atoms with Crippen LogP contribution >= 0.6 is 0 Å². The number of pyridine rings is 1. The number of amides is 1. The van der Waals surface area contributed by atoms with E-state index in [-0.39, 0.29) is 17.5 Å². The van der Waals surface area contributed by atoms with Gasteiger partial charge in [-0.2, -0.15) is 0 Å². The lowest BCUT2D eigenvalue weighted by molar-refractivity contribution is -0.122. The normalized spacial score (nSPS) is 15.7. The number of hydrogen-bond donors (Lipinski definition) is 1. The highest BCUT2D eigenvalue weighted by molar-refractivity contribution is 5.85. The number of nitrogens with zero attached hydrogens (tertiary/aromatic N) is 1. The van der Waals surface area contributed by atoms with E-state index < -0.39 is 0 Å². The van der Waals surface area contributed by atoms with E-state index in [0.717, 1.165) is 30.2 Å². The fourth-order valence-corrected chi connectivity index (χ4v) is 4.08. The molecule has 1 heterocycles. The summed E-state index contributed by atoms with van der Waals surface area (Å²) in [5.74, 6) is 0.620. The lowest BCUT2D eigenvalue weighted by Crippen LogP contribution is -2.31. The predicted octanol–water partition coefficient (Wildman–Crippen LogP) is 3.89. The van der Waals surface area contributed by atoms with Gasteiger partial charge in [0.2, 0.25) is 5.91 Å². The van der Waals surface area contributed by atoms with E-state index in [2.05, 4.69) is 23.5 Å². The van der Waals surface area contributed by atoms with Crippen LogP contribution in [0.4, 0.5) is 0 Å². The van der Waals surface area contributed by atoms with Crippen LogP contribution < -0.4 is 15.6 Å². The van der Waals surface area contributed by atoms with Gasteiger partial charge in [-0.15, -0.1) is 0 Å². The van der Waals surface area contributed by atoms with Gasteiger partial charge in [0, 0.05) is 24.9 Å². The van der Waals surface area contributed by atoms with Gasteiger partial charge in [-0.25, -0.2) is 0 Å². The molecule has 29 heavy (non-hydrogen) atoms. The molecule has 150 valence electrons. The number of fused-ring (bicyclic) bond motifs is 2. The molecule has 0 fully saturated rings. The second-order valence-electron chi connectivity index (χ2n) is 7.59. The van der Waals surface area contributed by atoms with Gasteiger partial charge in [0.15, 0.2) is 0 Å². The number of hydrogen-bond acceptors (Lipinski definition) is 3. The minimum Gasteiger partial charge on any atom is -0.493 e. The molecule has 1 atom stereocenters. The van der Waals surface area contributed by atoms with Crippen molar-refractivity contribution in [2.45, 2.75) is 38.1 Å². The number of nitrogens with one attached hydrogen (secondary N) is 1. The van der Waals surface area contributed by atoms with Crippen LogP contribution in [0.2, 0.25) is 0 Å². The van der Waals surface area contributed by atoms with E-state index in [9.17, 15) is 9.59 Å². The zero-order chi connectivity index (χ0) is 20.2. The molecule has 1 N–H and O–H groups in total. The maximum Gasteiger partial charge on any atom is 0.254 e. The molecule has 5 heteroatoms. The van der Waals surface area contributed by atoms with E-state index in [1.807, 2.05) is 30.3 Å². The highest BCUT2D eigenvalue weighted by Gasteiger charge is 2.21. The van der Waals surface area contributed by atoms with Crippen molar-refractivity contribution in [1.29, 1.82) is 0 Å². The molecule has 5 nitrogen and oxygen atoms in total. The summed E-state index contributed by atoms with van der Waals surface area (Å²) >= 11 is 0. The maximum atomic E-state index is 12.4. The van der Waals surface area contributed by atoms with Crippen LogP contribution in [0.15, 0.2) is 59.4 Å². The van der Waals surface area contributed by atoms with Gasteiger partial charge in [-0.1, -0.05) is 36.4 Å². The van der Waals surface area contributed by atoms with E-state index >= 15 is 0 Å². The van der Waals surface area contributed by atoms with Gasteiger partial charge < -0.3 is 14.6 Å². The number of aryl methyl sites for hydroxylation is 2. The molecule has 0 unspecified atom stereocenters. The Labute approximate surface area is 170 Å². The van der Waals surface area contributed by atoms with Crippen molar-refractivity contribution in [1.82, 2.24) is 9.88 Å². The van der Waals surface area contributed by atoms with Gasteiger partial charge >= 0.3 is 0 Å². The molecule has 1 amide bonds. The molecule has 1 aliphatic rings. The third-order valence-corrected chi connectivity index (χ3v) is 5.63. The average molecular weight is 390 g/mol. The first-order valence-corrected chi connectivity index (χ1v) is 10.2. The largest absolute Gasteiger partial charge is 0.493 e. The molecule has 0 saturated carbocycles. The minimum atomic E-state index is -0.104. The number of carbonyl (C=O) groups is 1. The quantitative estimate of drug-likeness (QED) is 0.650. The molecule has 0 saturated heterocycles. The Balaban J connectivity index is 1.33. The topological polar surface area (TPSA) is 60.3 Å². The molecule has 4 rings (SSSR count). The Bertz CT molecular complexity index is 1090. The molecule has 3 aromatic rings. The number of carbonyl (C=O) groups excluding carboxylic acids is 1. The molecular weight excluding hydrogens is 364 g/mol. The van der Waals surface area contributed by atoms with Crippen LogP contribution in [-0.2, 0) is 18.3 Å². The molecule has 0 aliphatic heterocycles. The van der Waals surface area contributed by atoms with Crippen LogP contribution in [0.5, 0.6) is 5.75 Å². The second kappa shape index (κ2) is 8.52. The van der Waals surface area contributed by atoms with Crippen LogP contribution in [0.3, 0.4) is 0 Å². The van der Waals surface area contributed by atoms with Crippen molar-refractivity contribution in [2.75, 3.05) is 6.61 Å². The number of ether oxygens (including phenoxy) is 1. The lowest BCUT2D eigenvalue weighted by Gasteiger charge is -2.26. The van der Waals surface area contributed by atoms with Gasteiger partial charge in [0.05, 0.1) is 18.2 Å². The third kappa shape index (κ3) is 4.19. The number of aromatic nitrogens is 1. The summed E-state index contributed by atoms with van der Waals surface area (Å²) in [5, 5.41) is 4.07.